The molecule has 5 heteroatoms. The van der Waals surface area contributed by atoms with Gasteiger partial charge in [0.2, 0.25) is 0 Å². The molecule has 0 spiro atoms. The van der Waals surface area contributed by atoms with Crippen LogP contribution in [0.15, 0.2) is 42.6 Å². The van der Waals surface area contributed by atoms with E-state index in [0.717, 1.165) is 5.56 Å². The molecule has 1 aromatic carbocycles. The molecule has 1 aromatic heterocycles. The van der Waals surface area contributed by atoms with E-state index in [4.69, 9.17) is 11.6 Å². The highest BCUT2D eigenvalue weighted by molar-refractivity contribution is 6.30. The van der Waals surface area contributed by atoms with Crippen molar-refractivity contribution < 1.29 is 9.90 Å². The van der Waals surface area contributed by atoms with Gasteiger partial charge in [0, 0.05) is 19.9 Å². The number of hydrogen-bond acceptors (Lipinski definition) is 2. The molecule has 106 valence electrons. The van der Waals surface area contributed by atoms with Gasteiger partial charge in [0.25, 0.3) is 5.91 Å². The second-order valence-corrected chi connectivity index (χ2v) is 5.02. The number of hydrogen-bond donors (Lipinski definition) is 2. The first kappa shape index (κ1) is 14.6. The van der Waals surface area contributed by atoms with E-state index in [1.54, 1.807) is 24.2 Å². The molecule has 2 N–H and O–H groups in total. The average Bonchev–Trinajstić information content (AvgIpc) is 2.91. The Morgan fingerprint density at radius 3 is 2.65 bits per heavy atom. The maximum atomic E-state index is 12.4. The number of carbonyl (C=O) groups excluding carboxylic acids is 1. The molecule has 0 aliphatic heterocycles. The zero-order valence-corrected chi connectivity index (χ0v) is 12.0. The molecule has 20 heavy (non-hydrogen) atoms. The lowest BCUT2D eigenvalue weighted by atomic mass is 10.0. The highest BCUT2D eigenvalue weighted by Gasteiger charge is 2.23. The van der Waals surface area contributed by atoms with Gasteiger partial charge in [-0.1, -0.05) is 41.9 Å². The van der Waals surface area contributed by atoms with Gasteiger partial charge in [-0.3, -0.25) is 4.79 Å². The minimum absolute atomic E-state index is 0.0165. The summed E-state index contributed by atoms with van der Waals surface area (Å²) in [7, 11) is 1.73. The van der Waals surface area contributed by atoms with Gasteiger partial charge in [0.1, 0.15) is 5.69 Å². The van der Waals surface area contributed by atoms with Crippen LogP contribution in [0.1, 0.15) is 28.5 Å². The van der Waals surface area contributed by atoms with Gasteiger partial charge in [0.15, 0.2) is 0 Å². The van der Waals surface area contributed by atoms with Crippen molar-refractivity contribution in [1.29, 1.82) is 0 Å². The van der Waals surface area contributed by atoms with Gasteiger partial charge in [-0.15, -0.1) is 0 Å². The molecule has 0 bridgehead atoms. The van der Waals surface area contributed by atoms with Crippen LogP contribution >= 0.6 is 11.6 Å². The van der Waals surface area contributed by atoms with Gasteiger partial charge in [-0.2, -0.15) is 0 Å². The molecule has 1 heterocycles. The Bertz CT molecular complexity index is 568. The van der Waals surface area contributed by atoms with Crippen molar-refractivity contribution in [2.75, 3.05) is 13.7 Å². The van der Waals surface area contributed by atoms with Gasteiger partial charge >= 0.3 is 0 Å². The van der Waals surface area contributed by atoms with Crippen LogP contribution in [-0.4, -0.2) is 34.6 Å². The average molecular weight is 293 g/mol. The highest BCUT2D eigenvalue weighted by Crippen LogP contribution is 2.24. The van der Waals surface area contributed by atoms with Crippen LogP contribution in [0.4, 0.5) is 0 Å². The lowest BCUT2D eigenvalue weighted by Crippen LogP contribution is -2.32. The molecule has 2 rings (SSSR count). The first-order chi connectivity index (χ1) is 9.63. The van der Waals surface area contributed by atoms with Crippen LogP contribution in [0, 0.1) is 0 Å². The number of carbonyl (C=O) groups is 1. The van der Waals surface area contributed by atoms with Crippen LogP contribution in [0.25, 0.3) is 0 Å². The third-order valence-corrected chi connectivity index (χ3v) is 3.47. The summed E-state index contributed by atoms with van der Waals surface area (Å²) in [5.74, 6) is -0.154. The van der Waals surface area contributed by atoms with Gasteiger partial charge in [0.05, 0.1) is 11.1 Å². The fraction of sp³-hybridized carbons (Fsp3) is 0.267. The molecule has 4 nitrogen and oxygen atoms in total. The first-order valence-corrected chi connectivity index (χ1v) is 6.78. The van der Waals surface area contributed by atoms with E-state index in [9.17, 15) is 9.90 Å². The molecule has 0 aliphatic carbocycles. The number of nitrogens with one attached hydrogen (secondary N) is 1. The number of nitrogens with zero attached hydrogens (tertiary/aromatic N) is 1. The van der Waals surface area contributed by atoms with Gasteiger partial charge < -0.3 is 15.0 Å². The van der Waals surface area contributed by atoms with Crippen molar-refractivity contribution in [3.8, 4) is 0 Å². The van der Waals surface area contributed by atoms with Crippen molar-refractivity contribution in [3.05, 3.63) is 58.9 Å². The summed E-state index contributed by atoms with van der Waals surface area (Å²) < 4.78 is 0. The number of aliphatic hydroxyl groups is 1. The predicted octanol–water partition coefficient (Wildman–Crippen LogP) is 2.86. The quantitative estimate of drug-likeness (QED) is 0.890. The summed E-state index contributed by atoms with van der Waals surface area (Å²) in [5, 5.41) is 9.74. The minimum Gasteiger partial charge on any atom is -0.396 e. The zero-order valence-electron chi connectivity index (χ0n) is 11.2. The van der Waals surface area contributed by atoms with E-state index in [1.165, 1.54) is 0 Å². The number of benzene rings is 1. The summed E-state index contributed by atoms with van der Waals surface area (Å²) in [6.45, 7) is 0.0165. The smallest absolute Gasteiger partial charge is 0.270 e. The fourth-order valence-corrected chi connectivity index (χ4v) is 2.37. The molecule has 2 aromatic rings. The second kappa shape index (κ2) is 6.59. The van der Waals surface area contributed by atoms with E-state index in [2.05, 4.69) is 4.98 Å². The first-order valence-electron chi connectivity index (χ1n) is 6.40. The summed E-state index contributed by atoms with van der Waals surface area (Å²) in [5.41, 5.74) is 1.44. The maximum Gasteiger partial charge on any atom is 0.270 e. The largest absolute Gasteiger partial charge is 0.396 e. The predicted molar refractivity (Wildman–Crippen MR) is 78.8 cm³/mol. The number of H-pyrrole nitrogens is 1. The van der Waals surface area contributed by atoms with Gasteiger partial charge in [-0.25, -0.2) is 0 Å². The normalized spacial score (nSPS) is 12.2. The number of aromatic amines is 1. The number of rotatable bonds is 5. The summed E-state index contributed by atoms with van der Waals surface area (Å²) >= 11 is 5.82. The molecule has 1 amide bonds. The van der Waals surface area contributed by atoms with Crippen molar-refractivity contribution in [2.24, 2.45) is 0 Å². The number of aromatic nitrogens is 1. The number of amides is 1. The van der Waals surface area contributed by atoms with E-state index < -0.39 is 0 Å². The molecule has 0 saturated carbocycles. The second-order valence-electron chi connectivity index (χ2n) is 4.59. The van der Waals surface area contributed by atoms with Crippen LogP contribution in [0.3, 0.4) is 0 Å². The molecular formula is C15H17ClN2O2. The van der Waals surface area contributed by atoms with E-state index >= 15 is 0 Å². The number of halogens is 1. The van der Waals surface area contributed by atoms with Crippen LogP contribution < -0.4 is 0 Å². The van der Waals surface area contributed by atoms with Crippen molar-refractivity contribution in [1.82, 2.24) is 9.88 Å². The lowest BCUT2D eigenvalue weighted by molar-refractivity contribution is 0.0700. The maximum absolute atomic E-state index is 12.4. The van der Waals surface area contributed by atoms with Crippen LogP contribution in [0.2, 0.25) is 5.02 Å². The van der Waals surface area contributed by atoms with E-state index in [-0.39, 0.29) is 18.6 Å². The lowest BCUT2D eigenvalue weighted by Gasteiger charge is -2.28. The highest BCUT2D eigenvalue weighted by atomic mass is 35.5. The Hall–Kier alpha value is -1.78. The standard InChI is InChI=1S/C15H17ClN2O2/c1-18(15(20)13-9-12(16)10-17-13)14(7-8-19)11-5-3-2-4-6-11/h2-6,9-10,14,17,19H,7-8H2,1H3. The Balaban J connectivity index is 2.23. The van der Waals surface area contributed by atoms with Gasteiger partial charge in [-0.05, 0) is 18.1 Å². The monoisotopic (exact) mass is 292 g/mol. The minimum atomic E-state index is -0.171. The summed E-state index contributed by atoms with van der Waals surface area (Å²) in [6, 6.07) is 11.1. The molecule has 0 radical (unpaired) electrons. The third kappa shape index (κ3) is 3.21. The summed E-state index contributed by atoms with van der Waals surface area (Å²) in [6.07, 6.45) is 2.06. The van der Waals surface area contributed by atoms with Crippen LogP contribution in [-0.2, 0) is 0 Å². The Morgan fingerprint density at radius 2 is 2.10 bits per heavy atom. The Morgan fingerprint density at radius 1 is 1.40 bits per heavy atom. The van der Waals surface area contributed by atoms with E-state index in [0.29, 0.717) is 17.1 Å². The van der Waals surface area contributed by atoms with E-state index in [1.807, 2.05) is 30.3 Å². The third-order valence-electron chi connectivity index (χ3n) is 3.25. The summed E-state index contributed by atoms with van der Waals surface area (Å²) in [4.78, 5) is 16.9. The molecule has 0 saturated heterocycles. The van der Waals surface area contributed by atoms with Crippen LogP contribution in [0.5, 0.6) is 0 Å². The van der Waals surface area contributed by atoms with Crippen molar-refractivity contribution in [3.63, 3.8) is 0 Å². The van der Waals surface area contributed by atoms with Crippen molar-refractivity contribution >= 4 is 17.5 Å². The Kier molecular flexibility index (Phi) is 4.82. The SMILES string of the molecule is CN(C(=O)c1cc(Cl)c[nH]1)C(CCO)c1ccccc1. The number of aliphatic hydroxyl groups excluding tert-OH is 1. The topological polar surface area (TPSA) is 56.3 Å². The molecular weight excluding hydrogens is 276 g/mol. The zero-order chi connectivity index (χ0) is 14.5. The Labute approximate surface area is 123 Å². The fourth-order valence-electron chi connectivity index (χ4n) is 2.20. The molecule has 0 aliphatic rings. The van der Waals surface area contributed by atoms with Crippen molar-refractivity contribution in [2.45, 2.75) is 12.5 Å². The molecule has 1 atom stereocenters. The molecule has 1 unspecified atom stereocenters. The molecule has 0 fully saturated rings.